The maximum absolute atomic E-state index is 5.53. The molecule has 0 bridgehead atoms. The molecular weight excluding hydrogens is 460 g/mol. The Morgan fingerprint density at radius 1 is 0.867 bits per heavy atom. The molecule has 3 nitrogen and oxygen atoms in total. The van der Waals surface area contributed by atoms with E-state index < -0.39 is 0 Å². The molecule has 0 N–H and O–H groups in total. The Morgan fingerprint density at radius 2 is 1.53 bits per heavy atom. The lowest BCUT2D eigenvalue weighted by molar-refractivity contribution is 0.137. The number of nitrogens with zero attached hydrogens (tertiary/aromatic N) is 2. The molecule has 1 aliphatic heterocycles. The third-order valence-electron chi connectivity index (χ3n) is 5.62. The third-order valence-corrected chi connectivity index (χ3v) is 6.34. The van der Waals surface area contributed by atoms with E-state index in [-0.39, 0.29) is 12.4 Å². The highest BCUT2D eigenvalue weighted by Crippen LogP contribution is 2.29. The summed E-state index contributed by atoms with van der Waals surface area (Å²) in [4.78, 5) is 5.08. The fraction of sp³-hybridized carbons (Fsp3) is 0.280. The van der Waals surface area contributed by atoms with Gasteiger partial charge in [0.1, 0.15) is 5.75 Å². The maximum Gasteiger partial charge on any atom is 0.126 e. The van der Waals surface area contributed by atoms with E-state index in [1.807, 2.05) is 6.07 Å². The minimum Gasteiger partial charge on any atom is -0.496 e. The van der Waals surface area contributed by atoms with Gasteiger partial charge in [0.2, 0.25) is 0 Å². The second-order valence-electron chi connectivity index (χ2n) is 7.47. The van der Waals surface area contributed by atoms with Crippen LogP contribution in [-0.4, -0.2) is 49.6 Å². The zero-order chi connectivity index (χ0) is 20.1. The number of benzene rings is 3. The average molecular weight is 488 g/mol. The summed E-state index contributed by atoms with van der Waals surface area (Å²) in [6.45, 7) is 6.40. The Kier molecular flexibility index (Phi) is 8.34. The first-order valence-corrected chi connectivity index (χ1v) is 10.9. The van der Waals surface area contributed by atoms with E-state index in [2.05, 4.69) is 92.5 Å². The van der Waals surface area contributed by atoms with E-state index in [9.17, 15) is 0 Å². The number of piperazine rings is 1. The number of ether oxygens (including phenoxy) is 1. The topological polar surface area (TPSA) is 15.7 Å². The lowest BCUT2D eigenvalue weighted by Crippen LogP contribution is -2.45. The van der Waals surface area contributed by atoms with Crippen molar-refractivity contribution in [3.05, 3.63) is 82.3 Å². The predicted octanol–water partition coefficient (Wildman–Crippen LogP) is 5.86. The fourth-order valence-electron chi connectivity index (χ4n) is 3.96. The lowest BCUT2D eigenvalue weighted by Gasteiger charge is -2.34. The molecule has 0 unspecified atom stereocenters. The van der Waals surface area contributed by atoms with E-state index in [0.717, 1.165) is 49.5 Å². The Bertz CT molecular complexity index is 999. The molecule has 0 atom stereocenters. The monoisotopic (exact) mass is 486 g/mol. The van der Waals surface area contributed by atoms with Gasteiger partial charge in [-0.05, 0) is 28.6 Å². The molecule has 3 aromatic carbocycles. The Morgan fingerprint density at radius 3 is 2.27 bits per heavy atom. The second-order valence-corrected chi connectivity index (χ2v) is 8.33. The molecule has 4 rings (SSSR count). The van der Waals surface area contributed by atoms with E-state index in [1.54, 1.807) is 7.11 Å². The highest BCUT2D eigenvalue weighted by atomic mass is 79.9. The zero-order valence-corrected chi connectivity index (χ0v) is 19.7. The van der Waals surface area contributed by atoms with Gasteiger partial charge in [0.25, 0.3) is 0 Å². The van der Waals surface area contributed by atoms with Gasteiger partial charge in [0.05, 0.1) is 7.11 Å². The molecular formula is C25H28BrClN2O. The van der Waals surface area contributed by atoms with Crippen LogP contribution in [0.3, 0.4) is 0 Å². The third kappa shape index (κ3) is 5.44. The second kappa shape index (κ2) is 11.0. The normalized spacial score (nSPS) is 15.4. The highest BCUT2D eigenvalue weighted by Gasteiger charge is 2.17. The van der Waals surface area contributed by atoms with Crippen LogP contribution in [0.2, 0.25) is 0 Å². The molecule has 1 heterocycles. The van der Waals surface area contributed by atoms with Crippen LogP contribution in [0.5, 0.6) is 5.75 Å². The summed E-state index contributed by atoms with van der Waals surface area (Å²) in [5, 5.41) is 2.49. The standard InChI is InChI=1S/C25H27BrN2O.ClH/c1-29-25-13-12-21(22-9-3-4-10-23(22)25)19-28-17-15-27(16-18-28)14-6-8-20-7-2-5-11-24(20)26;/h2-13H,14-19H2,1H3;1H/b8-6+;. The van der Waals surface area contributed by atoms with Crippen LogP contribution in [0.4, 0.5) is 0 Å². The summed E-state index contributed by atoms with van der Waals surface area (Å²) < 4.78 is 6.68. The Balaban J connectivity index is 0.00000256. The first-order chi connectivity index (χ1) is 14.2. The molecule has 158 valence electrons. The van der Waals surface area contributed by atoms with Crippen molar-refractivity contribution in [3.63, 3.8) is 0 Å². The van der Waals surface area contributed by atoms with Gasteiger partial charge in [-0.25, -0.2) is 0 Å². The molecule has 3 aromatic rings. The maximum atomic E-state index is 5.53. The summed E-state index contributed by atoms with van der Waals surface area (Å²) in [5.74, 6) is 0.950. The van der Waals surface area contributed by atoms with Crippen molar-refractivity contribution < 1.29 is 4.74 Å². The molecule has 0 amide bonds. The van der Waals surface area contributed by atoms with Gasteiger partial charge in [0.15, 0.2) is 0 Å². The van der Waals surface area contributed by atoms with E-state index in [1.165, 1.54) is 21.9 Å². The molecule has 30 heavy (non-hydrogen) atoms. The first kappa shape index (κ1) is 22.8. The number of methoxy groups -OCH3 is 1. The van der Waals surface area contributed by atoms with Crippen LogP contribution in [0.1, 0.15) is 11.1 Å². The summed E-state index contributed by atoms with van der Waals surface area (Å²) in [7, 11) is 1.74. The fourth-order valence-corrected chi connectivity index (χ4v) is 4.38. The molecule has 1 fully saturated rings. The van der Waals surface area contributed by atoms with Crippen molar-refractivity contribution in [1.82, 2.24) is 9.80 Å². The smallest absolute Gasteiger partial charge is 0.126 e. The SMILES string of the molecule is COc1ccc(CN2CCN(C/C=C/c3ccccc3Br)CC2)c2ccccc12.Cl. The number of halogens is 2. The van der Waals surface area contributed by atoms with Crippen molar-refractivity contribution in [2.75, 3.05) is 39.8 Å². The van der Waals surface area contributed by atoms with Crippen molar-refractivity contribution in [3.8, 4) is 5.75 Å². The Hall–Kier alpha value is -1.85. The van der Waals surface area contributed by atoms with Gasteiger partial charge < -0.3 is 4.74 Å². The van der Waals surface area contributed by atoms with Crippen LogP contribution < -0.4 is 4.74 Å². The van der Waals surface area contributed by atoms with Crippen LogP contribution in [-0.2, 0) is 6.54 Å². The minimum atomic E-state index is 0. The van der Waals surface area contributed by atoms with Gasteiger partial charge in [-0.3, -0.25) is 9.80 Å². The van der Waals surface area contributed by atoms with E-state index >= 15 is 0 Å². The molecule has 0 spiro atoms. The number of rotatable bonds is 6. The summed E-state index contributed by atoms with van der Waals surface area (Å²) in [6.07, 6.45) is 4.48. The number of hydrogen-bond donors (Lipinski definition) is 0. The molecule has 1 saturated heterocycles. The summed E-state index contributed by atoms with van der Waals surface area (Å²) >= 11 is 3.61. The lowest BCUT2D eigenvalue weighted by atomic mass is 10.0. The number of fused-ring (bicyclic) bond motifs is 1. The van der Waals surface area contributed by atoms with E-state index in [0.29, 0.717) is 0 Å². The molecule has 5 heteroatoms. The van der Waals surface area contributed by atoms with Crippen molar-refractivity contribution in [1.29, 1.82) is 0 Å². The van der Waals surface area contributed by atoms with Gasteiger partial charge >= 0.3 is 0 Å². The van der Waals surface area contributed by atoms with Crippen LogP contribution >= 0.6 is 28.3 Å². The molecule has 0 aliphatic carbocycles. The minimum absolute atomic E-state index is 0. The van der Waals surface area contributed by atoms with Gasteiger partial charge in [-0.1, -0.05) is 76.6 Å². The first-order valence-electron chi connectivity index (χ1n) is 10.1. The van der Waals surface area contributed by atoms with Gasteiger partial charge in [0, 0.05) is 49.1 Å². The average Bonchev–Trinajstić information content (AvgIpc) is 2.76. The summed E-state index contributed by atoms with van der Waals surface area (Å²) in [5.41, 5.74) is 2.61. The van der Waals surface area contributed by atoms with Crippen LogP contribution in [0.25, 0.3) is 16.8 Å². The number of hydrogen-bond acceptors (Lipinski definition) is 3. The van der Waals surface area contributed by atoms with Crippen molar-refractivity contribution in [2.45, 2.75) is 6.54 Å². The van der Waals surface area contributed by atoms with Gasteiger partial charge in [-0.2, -0.15) is 0 Å². The van der Waals surface area contributed by atoms with Crippen molar-refractivity contribution >= 4 is 45.2 Å². The molecule has 0 saturated carbocycles. The van der Waals surface area contributed by atoms with E-state index in [4.69, 9.17) is 4.74 Å². The molecule has 1 aliphatic rings. The Labute approximate surface area is 193 Å². The largest absolute Gasteiger partial charge is 0.496 e. The highest BCUT2D eigenvalue weighted by molar-refractivity contribution is 9.10. The van der Waals surface area contributed by atoms with Crippen LogP contribution in [0, 0.1) is 0 Å². The quantitative estimate of drug-likeness (QED) is 0.433. The zero-order valence-electron chi connectivity index (χ0n) is 17.3. The van der Waals surface area contributed by atoms with Gasteiger partial charge in [-0.15, -0.1) is 12.4 Å². The molecule has 0 radical (unpaired) electrons. The van der Waals surface area contributed by atoms with Crippen molar-refractivity contribution in [2.24, 2.45) is 0 Å². The summed E-state index contributed by atoms with van der Waals surface area (Å²) in [6, 6.07) is 21.2. The van der Waals surface area contributed by atoms with Crippen LogP contribution in [0.15, 0.2) is 71.2 Å². The molecule has 0 aromatic heterocycles. The predicted molar refractivity (Wildman–Crippen MR) is 133 cm³/mol.